The van der Waals surface area contributed by atoms with Gasteiger partial charge in [-0.05, 0) is 41.8 Å². The van der Waals surface area contributed by atoms with Gasteiger partial charge in [-0.1, -0.05) is 12.1 Å². The Morgan fingerprint density at radius 1 is 1.18 bits per heavy atom. The average Bonchev–Trinajstić information content (AvgIpc) is 2.65. The van der Waals surface area contributed by atoms with Gasteiger partial charge in [0.05, 0.1) is 22.7 Å². The molecule has 2 heterocycles. The fourth-order valence-corrected chi connectivity index (χ4v) is 3.14. The smallest absolute Gasteiger partial charge is 0.326 e. The topological polar surface area (TPSA) is 121 Å². The van der Waals surface area contributed by atoms with E-state index >= 15 is 0 Å². The number of hydrogen-bond donors (Lipinski definition) is 2. The maximum absolute atomic E-state index is 12.3. The fourth-order valence-electron chi connectivity index (χ4n) is 3.14. The molecule has 0 aromatic heterocycles. The van der Waals surface area contributed by atoms with Crippen LogP contribution in [0.1, 0.15) is 12.5 Å². The summed E-state index contributed by atoms with van der Waals surface area (Å²) >= 11 is 0. The number of hydrogen-bond acceptors (Lipinski definition) is 5. The minimum Gasteiger partial charge on any atom is -0.326 e. The second kappa shape index (κ2) is 6.48. The van der Waals surface area contributed by atoms with E-state index in [1.54, 1.807) is 53.1 Å². The summed E-state index contributed by atoms with van der Waals surface area (Å²) in [4.78, 5) is 41.8. The summed E-state index contributed by atoms with van der Waals surface area (Å²) < 4.78 is 1.63. The Balaban J connectivity index is 2.15. The van der Waals surface area contributed by atoms with Crippen LogP contribution in [0.5, 0.6) is 0 Å². The Bertz CT molecular complexity index is 1380. The normalized spacial score (nSPS) is 10.7. The lowest BCUT2D eigenvalue weighted by Gasteiger charge is -2.18. The van der Waals surface area contributed by atoms with Gasteiger partial charge in [-0.3, -0.25) is 19.1 Å². The molecule has 0 radical (unpaired) electrons. The summed E-state index contributed by atoms with van der Waals surface area (Å²) in [6, 6.07) is 15.7. The molecule has 8 heteroatoms. The highest BCUT2D eigenvalue weighted by Gasteiger charge is 2.18. The van der Waals surface area contributed by atoms with Gasteiger partial charge < -0.3 is 5.32 Å². The third-order valence-electron chi connectivity index (χ3n) is 4.25. The molecule has 136 valence electrons. The van der Waals surface area contributed by atoms with Crippen LogP contribution in [0.3, 0.4) is 0 Å². The number of fused-ring (bicyclic) bond motifs is 2. The molecule has 0 aliphatic carbocycles. The number of benzene rings is 2. The van der Waals surface area contributed by atoms with Crippen LogP contribution in [0, 0.1) is 11.3 Å². The number of aromatic nitrogens is 3. The predicted molar refractivity (Wildman–Crippen MR) is 104 cm³/mol. The first-order chi connectivity index (χ1) is 13.5. The maximum atomic E-state index is 12.3. The molecule has 8 nitrogen and oxygen atoms in total. The van der Waals surface area contributed by atoms with Crippen molar-refractivity contribution in [3.05, 3.63) is 74.9 Å². The molecule has 0 atom stereocenters. The van der Waals surface area contributed by atoms with Gasteiger partial charge in [-0.2, -0.15) is 10.2 Å². The van der Waals surface area contributed by atoms with Crippen molar-refractivity contribution in [1.82, 2.24) is 14.5 Å². The summed E-state index contributed by atoms with van der Waals surface area (Å²) in [5.74, 6) is -0.0653. The highest BCUT2D eigenvalue weighted by atomic mass is 16.2. The highest BCUT2D eigenvalue weighted by molar-refractivity contribution is 5.90. The third-order valence-corrected chi connectivity index (χ3v) is 4.25. The summed E-state index contributed by atoms with van der Waals surface area (Å²) in [7, 11) is 0. The van der Waals surface area contributed by atoms with Crippen LogP contribution in [0.15, 0.2) is 58.1 Å². The van der Waals surface area contributed by atoms with Crippen molar-refractivity contribution in [3.8, 4) is 23.1 Å². The van der Waals surface area contributed by atoms with Crippen molar-refractivity contribution < 1.29 is 4.79 Å². The molecule has 2 N–H and O–H groups in total. The Hall–Kier alpha value is -4.25. The monoisotopic (exact) mass is 371 g/mol. The van der Waals surface area contributed by atoms with Crippen LogP contribution < -0.4 is 16.6 Å². The lowest BCUT2D eigenvalue weighted by molar-refractivity contribution is -0.114. The van der Waals surface area contributed by atoms with E-state index in [2.05, 4.69) is 21.4 Å². The molecule has 0 bridgehead atoms. The SMILES string of the molecule is CC(=O)Nc1cccc(-n2c3nc(=O)[nH]c(=O)c-3cc3ccc(C#N)cc32)c1. The van der Waals surface area contributed by atoms with Crippen LogP contribution in [-0.4, -0.2) is 20.4 Å². The van der Waals surface area contributed by atoms with Crippen molar-refractivity contribution in [2.75, 3.05) is 5.32 Å². The molecule has 28 heavy (non-hydrogen) atoms. The Morgan fingerprint density at radius 3 is 2.75 bits per heavy atom. The first-order valence-corrected chi connectivity index (χ1v) is 8.34. The largest absolute Gasteiger partial charge is 0.349 e. The molecule has 1 amide bonds. The van der Waals surface area contributed by atoms with E-state index in [-0.39, 0.29) is 17.3 Å². The van der Waals surface area contributed by atoms with Crippen molar-refractivity contribution in [2.24, 2.45) is 0 Å². The van der Waals surface area contributed by atoms with Gasteiger partial charge in [-0.25, -0.2) is 4.79 Å². The number of amides is 1. The van der Waals surface area contributed by atoms with E-state index in [1.165, 1.54) is 6.92 Å². The van der Waals surface area contributed by atoms with Gasteiger partial charge in [0.1, 0.15) is 0 Å². The first-order valence-electron chi connectivity index (χ1n) is 8.34. The predicted octanol–water partition coefficient (Wildman–Crippen LogP) is 2.01. The van der Waals surface area contributed by atoms with E-state index in [9.17, 15) is 19.6 Å². The summed E-state index contributed by atoms with van der Waals surface area (Å²) in [5, 5.41) is 12.7. The maximum Gasteiger partial charge on any atom is 0.349 e. The molecule has 0 unspecified atom stereocenters. The molecule has 2 aliphatic heterocycles. The Kier molecular flexibility index (Phi) is 3.98. The number of pyridine rings is 1. The van der Waals surface area contributed by atoms with Crippen molar-refractivity contribution in [1.29, 1.82) is 5.26 Å². The van der Waals surface area contributed by atoms with Crippen molar-refractivity contribution in [3.63, 3.8) is 0 Å². The number of H-pyrrole nitrogens is 1. The molecule has 0 fully saturated rings. The van der Waals surface area contributed by atoms with Crippen LogP contribution >= 0.6 is 0 Å². The van der Waals surface area contributed by atoms with Gasteiger partial charge in [0.2, 0.25) is 5.91 Å². The highest BCUT2D eigenvalue weighted by Crippen LogP contribution is 2.29. The second-order valence-corrected chi connectivity index (χ2v) is 6.21. The minimum absolute atomic E-state index is 0.163. The number of nitrogens with zero attached hydrogens (tertiary/aromatic N) is 3. The second-order valence-electron chi connectivity index (χ2n) is 6.21. The van der Waals surface area contributed by atoms with Crippen LogP contribution in [0.2, 0.25) is 0 Å². The lowest BCUT2D eigenvalue weighted by atomic mass is 10.1. The third kappa shape index (κ3) is 2.91. The number of rotatable bonds is 2. The molecule has 4 rings (SSSR count). The summed E-state index contributed by atoms with van der Waals surface area (Å²) in [6.45, 7) is 1.40. The average molecular weight is 371 g/mol. The number of nitriles is 1. The Morgan fingerprint density at radius 2 is 2.00 bits per heavy atom. The van der Waals surface area contributed by atoms with E-state index in [4.69, 9.17) is 0 Å². The van der Waals surface area contributed by atoms with Crippen molar-refractivity contribution in [2.45, 2.75) is 6.92 Å². The van der Waals surface area contributed by atoms with E-state index in [0.717, 1.165) is 0 Å². The molecule has 2 aliphatic rings. The summed E-state index contributed by atoms with van der Waals surface area (Å²) in [6.07, 6.45) is 0. The van der Waals surface area contributed by atoms with Gasteiger partial charge in [-0.15, -0.1) is 0 Å². The number of aromatic amines is 1. The van der Waals surface area contributed by atoms with Gasteiger partial charge in [0.25, 0.3) is 5.56 Å². The van der Waals surface area contributed by atoms with Crippen molar-refractivity contribution >= 4 is 22.5 Å². The van der Waals surface area contributed by atoms with E-state index < -0.39 is 11.2 Å². The molecule has 0 spiro atoms. The Labute approximate surface area is 158 Å². The number of anilines is 1. The zero-order valence-corrected chi connectivity index (χ0v) is 14.7. The minimum atomic E-state index is -0.764. The fraction of sp³-hybridized carbons (Fsp3) is 0.0500. The molecule has 2 aromatic carbocycles. The quantitative estimate of drug-likeness (QED) is 0.522. The molecular weight excluding hydrogens is 358 g/mol. The molecule has 2 aromatic rings. The zero-order chi connectivity index (χ0) is 19.8. The zero-order valence-electron chi connectivity index (χ0n) is 14.7. The molecular formula is C20H13N5O3. The first kappa shape index (κ1) is 17.2. The molecule has 0 saturated heterocycles. The van der Waals surface area contributed by atoms with Crippen LogP contribution in [0.4, 0.5) is 5.69 Å². The van der Waals surface area contributed by atoms with Gasteiger partial charge in [0.15, 0.2) is 5.82 Å². The van der Waals surface area contributed by atoms with E-state index in [1.807, 2.05) is 0 Å². The standard InChI is InChI=1S/C20H13N5O3/c1-11(26)22-14-3-2-4-15(9-14)25-17-7-12(10-21)5-6-13(17)8-16-18(25)23-20(28)24-19(16)27/h2-9H,1H3,(H,22,26)(H,24,27,28). The van der Waals surface area contributed by atoms with Gasteiger partial charge >= 0.3 is 5.69 Å². The van der Waals surface area contributed by atoms with Crippen LogP contribution in [0.25, 0.3) is 28.0 Å². The van der Waals surface area contributed by atoms with Crippen LogP contribution in [-0.2, 0) is 4.79 Å². The van der Waals surface area contributed by atoms with Gasteiger partial charge in [0, 0.05) is 18.3 Å². The number of carbonyl (C=O) groups is 1. The number of nitrogens with one attached hydrogen (secondary N) is 2. The summed E-state index contributed by atoms with van der Waals surface area (Å²) in [5.41, 5.74) is 1.07. The molecule has 0 saturated carbocycles. The van der Waals surface area contributed by atoms with E-state index in [0.29, 0.717) is 27.8 Å². The lowest BCUT2D eigenvalue weighted by Crippen LogP contribution is -2.27. The number of carbonyl (C=O) groups excluding carboxylic acids is 1.